The van der Waals surface area contributed by atoms with Crippen molar-refractivity contribution in [3.8, 4) is 0 Å². The Morgan fingerprint density at radius 3 is 2.15 bits per heavy atom. The van der Waals surface area contributed by atoms with Crippen molar-refractivity contribution in [3.05, 3.63) is 35.4 Å². The van der Waals surface area contributed by atoms with Crippen molar-refractivity contribution in [2.45, 2.75) is 45.6 Å². The number of carbonyl (C=O) groups excluding carboxylic acids is 4. The molecule has 0 unspecified atom stereocenters. The minimum atomic E-state index is -0.548. The Morgan fingerprint density at radius 2 is 1.62 bits per heavy atom. The third kappa shape index (κ3) is 5.15. The predicted octanol–water partition coefficient (Wildman–Crippen LogP) is 1.91. The van der Waals surface area contributed by atoms with E-state index < -0.39 is 5.60 Å². The number of rotatable bonds is 7. The fourth-order valence-corrected chi connectivity index (χ4v) is 2.62. The van der Waals surface area contributed by atoms with Gasteiger partial charge in [-0.2, -0.15) is 0 Å². The van der Waals surface area contributed by atoms with Crippen molar-refractivity contribution >= 4 is 23.7 Å². The number of imide groups is 1. The van der Waals surface area contributed by atoms with Crippen molar-refractivity contribution in [2.24, 2.45) is 0 Å². The zero-order valence-electron chi connectivity index (χ0n) is 15.3. The molecule has 1 aliphatic rings. The van der Waals surface area contributed by atoms with Crippen LogP contribution in [0, 0.1) is 0 Å². The number of amides is 3. The zero-order chi connectivity index (χ0) is 19.3. The molecular formula is C19H24N2O5. The molecule has 0 aromatic heterocycles. The number of fused-ring (bicyclic) bond motifs is 1. The Morgan fingerprint density at radius 1 is 1.04 bits per heavy atom. The average molecular weight is 360 g/mol. The summed E-state index contributed by atoms with van der Waals surface area (Å²) in [6.45, 7) is 5.72. The molecule has 0 aliphatic carbocycles. The summed E-state index contributed by atoms with van der Waals surface area (Å²) in [6.07, 6.45) is 0.632. The number of nitrogens with zero attached hydrogens (tertiary/aromatic N) is 1. The van der Waals surface area contributed by atoms with Crippen LogP contribution >= 0.6 is 0 Å². The first kappa shape index (κ1) is 19.6. The number of ether oxygens (including phenoxy) is 1. The smallest absolute Gasteiger partial charge is 0.308 e. The summed E-state index contributed by atoms with van der Waals surface area (Å²) in [7, 11) is 0. The maximum Gasteiger partial charge on any atom is 0.308 e. The summed E-state index contributed by atoms with van der Waals surface area (Å²) in [5, 5.41) is 2.64. The molecule has 7 nitrogen and oxygen atoms in total. The van der Waals surface area contributed by atoms with Gasteiger partial charge in [0.25, 0.3) is 11.8 Å². The van der Waals surface area contributed by atoms with E-state index in [1.165, 1.54) is 4.90 Å². The van der Waals surface area contributed by atoms with Crippen molar-refractivity contribution < 1.29 is 23.9 Å². The Hall–Kier alpha value is -2.70. The van der Waals surface area contributed by atoms with Crippen LogP contribution in [0.2, 0.25) is 0 Å². The van der Waals surface area contributed by atoms with Crippen molar-refractivity contribution in [2.75, 3.05) is 13.1 Å². The van der Waals surface area contributed by atoms with E-state index in [2.05, 4.69) is 5.32 Å². The van der Waals surface area contributed by atoms with Gasteiger partial charge in [0.15, 0.2) is 0 Å². The molecule has 140 valence electrons. The monoisotopic (exact) mass is 360 g/mol. The van der Waals surface area contributed by atoms with Gasteiger partial charge in [0, 0.05) is 19.5 Å². The second kappa shape index (κ2) is 8.12. The maximum absolute atomic E-state index is 12.2. The maximum atomic E-state index is 12.2. The molecule has 0 atom stereocenters. The Labute approximate surface area is 152 Å². The number of benzene rings is 1. The molecule has 2 rings (SSSR count). The topological polar surface area (TPSA) is 92.8 Å². The molecule has 0 saturated heterocycles. The quantitative estimate of drug-likeness (QED) is 0.592. The van der Waals surface area contributed by atoms with E-state index in [0.717, 1.165) is 0 Å². The first-order chi connectivity index (χ1) is 12.2. The third-order valence-electron chi connectivity index (χ3n) is 3.74. The number of nitrogens with one attached hydrogen (secondary N) is 1. The zero-order valence-corrected chi connectivity index (χ0v) is 15.3. The lowest BCUT2D eigenvalue weighted by molar-refractivity contribution is -0.154. The first-order valence-corrected chi connectivity index (χ1v) is 8.63. The summed E-state index contributed by atoms with van der Waals surface area (Å²) < 4.78 is 5.15. The van der Waals surface area contributed by atoms with Crippen molar-refractivity contribution in [1.29, 1.82) is 0 Å². The molecule has 1 heterocycles. The number of hydrogen-bond donors (Lipinski definition) is 1. The van der Waals surface area contributed by atoms with Crippen molar-refractivity contribution in [3.63, 3.8) is 0 Å². The second-order valence-corrected chi connectivity index (χ2v) is 7.10. The molecule has 26 heavy (non-hydrogen) atoms. The van der Waals surface area contributed by atoms with E-state index in [4.69, 9.17) is 4.74 Å². The van der Waals surface area contributed by atoms with Crippen LogP contribution in [0.15, 0.2) is 24.3 Å². The van der Waals surface area contributed by atoms with E-state index in [-0.39, 0.29) is 49.6 Å². The highest BCUT2D eigenvalue weighted by Crippen LogP contribution is 2.22. The molecule has 0 radical (unpaired) electrons. The van der Waals surface area contributed by atoms with Gasteiger partial charge in [0.1, 0.15) is 5.60 Å². The summed E-state index contributed by atoms with van der Waals surface area (Å²) in [5.41, 5.74) is 0.256. The van der Waals surface area contributed by atoms with Gasteiger partial charge in [0.05, 0.1) is 17.5 Å². The van der Waals surface area contributed by atoms with Crippen LogP contribution in [0.25, 0.3) is 0 Å². The molecule has 1 aliphatic heterocycles. The highest BCUT2D eigenvalue weighted by Gasteiger charge is 2.34. The first-order valence-electron chi connectivity index (χ1n) is 8.63. The van der Waals surface area contributed by atoms with Gasteiger partial charge in [-0.25, -0.2) is 0 Å². The number of carbonyl (C=O) groups is 4. The van der Waals surface area contributed by atoms with Gasteiger partial charge < -0.3 is 10.1 Å². The molecule has 1 aromatic rings. The molecule has 1 N–H and O–H groups in total. The van der Waals surface area contributed by atoms with Crippen LogP contribution in [0.1, 0.15) is 60.7 Å². The van der Waals surface area contributed by atoms with Gasteiger partial charge in [0.2, 0.25) is 5.91 Å². The fourth-order valence-electron chi connectivity index (χ4n) is 2.62. The predicted molar refractivity (Wildman–Crippen MR) is 94.5 cm³/mol. The van der Waals surface area contributed by atoms with Gasteiger partial charge in [-0.05, 0) is 39.3 Å². The second-order valence-electron chi connectivity index (χ2n) is 7.10. The highest BCUT2D eigenvalue weighted by molar-refractivity contribution is 6.21. The Bertz CT molecular complexity index is 686. The van der Waals surface area contributed by atoms with E-state index in [1.54, 1.807) is 45.0 Å². The van der Waals surface area contributed by atoms with Gasteiger partial charge >= 0.3 is 5.97 Å². The van der Waals surface area contributed by atoms with Crippen LogP contribution in [-0.2, 0) is 14.3 Å². The molecule has 3 amide bonds. The van der Waals surface area contributed by atoms with E-state index in [0.29, 0.717) is 17.5 Å². The summed E-state index contributed by atoms with van der Waals surface area (Å²) >= 11 is 0. The fraction of sp³-hybridized carbons (Fsp3) is 0.474. The SMILES string of the molecule is CC(C)(C)OC(=O)CCNC(=O)CCCN1C(=O)c2ccccc2C1=O. The lowest BCUT2D eigenvalue weighted by atomic mass is 10.1. The third-order valence-corrected chi connectivity index (χ3v) is 3.74. The van der Waals surface area contributed by atoms with Crippen LogP contribution in [-0.4, -0.2) is 47.3 Å². The van der Waals surface area contributed by atoms with Gasteiger partial charge in [-0.15, -0.1) is 0 Å². The standard InChI is InChI=1S/C19H24N2O5/c1-19(2,3)26-16(23)10-11-20-15(22)9-6-12-21-17(24)13-7-4-5-8-14(13)18(21)25/h4-5,7-8H,6,9-12H2,1-3H3,(H,20,22). The molecule has 0 fully saturated rings. The van der Waals surface area contributed by atoms with E-state index in [1.807, 2.05) is 0 Å². The van der Waals surface area contributed by atoms with Crippen LogP contribution < -0.4 is 5.32 Å². The molecule has 1 aromatic carbocycles. The molecule has 0 saturated carbocycles. The van der Waals surface area contributed by atoms with Crippen LogP contribution in [0.4, 0.5) is 0 Å². The van der Waals surface area contributed by atoms with E-state index in [9.17, 15) is 19.2 Å². The minimum absolute atomic E-state index is 0.0986. The Kier molecular flexibility index (Phi) is 6.13. The molecular weight excluding hydrogens is 336 g/mol. The van der Waals surface area contributed by atoms with E-state index >= 15 is 0 Å². The summed E-state index contributed by atoms with van der Waals surface area (Å²) in [6, 6.07) is 6.68. The molecule has 0 spiro atoms. The summed E-state index contributed by atoms with van der Waals surface area (Å²) in [4.78, 5) is 48.9. The Balaban J connectivity index is 1.69. The lowest BCUT2D eigenvalue weighted by Gasteiger charge is -2.19. The number of esters is 1. The van der Waals surface area contributed by atoms with Gasteiger partial charge in [-0.3, -0.25) is 24.1 Å². The lowest BCUT2D eigenvalue weighted by Crippen LogP contribution is -2.32. The molecule has 7 heteroatoms. The largest absolute Gasteiger partial charge is 0.460 e. The average Bonchev–Trinajstić information content (AvgIpc) is 2.78. The normalized spacial score (nSPS) is 13.6. The minimum Gasteiger partial charge on any atom is -0.460 e. The van der Waals surface area contributed by atoms with Gasteiger partial charge in [-0.1, -0.05) is 12.1 Å². The molecule has 0 bridgehead atoms. The highest BCUT2D eigenvalue weighted by atomic mass is 16.6. The summed E-state index contributed by atoms with van der Waals surface area (Å²) in [5.74, 6) is -1.25. The number of hydrogen-bond acceptors (Lipinski definition) is 5. The van der Waals surface area contributed by atoms with Crippen molar-refractivity contribution in [1.82, 2.24) is 10.2 Å². The van der Waals surface area contributed by atoms with Crippen LogP contribution in [0.3, 0.4) is 0 Å². The van der Waals surface area contributed by atoms with Crippen LogP contribution in [0.5, 0.6) is 0 Å².